The quantitative estimate of drug-likeness (QED) is 0.349. The molecule has 0 unspecified atom stereocenters. The Balaban J connectivity index is 1.16. The van der Waals surface area contributed by atoms with Crippen LogP contribution in [0.3, 0.4) is 0 Å². The number of aromatic nitrogens is 3. The molecule has 0 radical (unpaired) electrons. The minimum absolute atomic E-state index is 0.107. The van der Waals surface area contributed by atoms with E-state index in [0.717, 1.165) is 28.3 Å². The van der Waals surface area contributed by atoms with Crippen LogP contribution in [0.4, 0.5) is 5.95 Å². The van der Waals surface area contributed by atoms with Gasteiger partial charge >= 0.3 is 5.97 Å². The zero-order valence-electron chi connectivity index (χ0n) is 20.4. The van der Waals surface area contributed by atoms with Crippen molar-refractivity contribution >= 4 is 11.9 Å². The molecule has 190 valence electrons. The van der Waals surface area contributed by atoms with E-state index >= 15 is 0 Å². The number of carboxylic acid groups (broad SMARTS) is 1. The number of carboxylic acids is 1. The van der Waals surface area contributed by atoms with Gasteiger partial charge in [-0.25, -0.2) is 9.97 Å². The van der Waals surface area contributed by atoms with Gasteiger partial charge in [0.15, 0.2) is 0 Å². The second-order valence-electron chi connectivity index (χ2n) is 9.16. The number of anilines is 1. The monoisotopic (exact) mass is 500 g/mol. The molecule has 0 spiro atoms. The van der Waals surface area contributed by atoms with E-state index in [1.807, 2.05) is 66.4 Å². The molecule has 1 fully saturated rings. The average Bonchev–Trinajstić information content (AvgIpc) is 3.49. The van der Waals surface area contributed by atoms with E-state index in [4.69, 9.17) is 9.15 Å². The van der Waals surface area contributed by atoms with Gasteiger partial charge in [-0.3, -0.25) is 4.79 Å². The number of aryl methyl sites for hydroxylation is 1. The van der Waals surface area contributed by atoms with Crippen LogP contribution in [0.5, 0.6) is 11.6 Å². The van der Waals surface area contributed by atoms with Crippen LogP contribution in [0.15, 0.2) is 71.3 Å². The van der Waals surface area contributed by atoms with Gasteiger partial charge in [0.2, 0.25) is 17.7 Å². The molecule has 9 heteroatoms. The maximum absolute atomic E-state index is 11.9. The maximum Gasteiger partial charge on any atom is 0.308 e. The first-order valence-corrected chi connectivity index (χ1v) is 12.2. The van der Waals surface area contributed by atoms with E-state index in [9.17, 15) is 15.0 Å². The summed E-state index contributed by atoms with van der Waals surface area (Å²) in [5.74, 6) is 0.848. The number of ether oxygens (including phenoxy) is 1. The van der Waals surface area contributed by atoms with Gasteiger partial charge < -0.3 is 24.3 Å². The summed E-state index contributed by atoms with van der Waals surface area (Å²) < 4.78 is 11.7. The number of carbonyl (C=O) groups is 1. The van der Waals surface area contributed by atoms with E-state index in [1.54, 1.807) is 0 Å². The van der Waals surface area contributed by atoms with Crippen molar-refractivity contribution in [3.63, 3.8) is 0 Å². The van der Waals surface area contributed by atoms with Gasteiger partial charge in [0, 0.05) is 37.3 Å². The summed E-state index contributed by atoms with van der Waals surface area (Å²) in [4.78, 5) is 26.5. The fourth-order valence-corrected chi connectivity index (χ4v) is 4.67. The number of hydrogen-bond donors (Lipinski definition) is 2. The summed E-state index contributed by atoms with van der Waals surface area (Å²) >= 11 is 0. The number of oxazole rings is 1. The highest BCUT2D eigenvalue weighted by Crippen LogP contribution is 2.30. The van der Waals surface area contributed by atoms with Crippen LogP contribution >= 0.6 is 0 Å². The lowest BCUT2D eigenvalue weighted by molar-refractivity contribution is -0.142. The van der Waals surface area contributed by atoms with E-state index in [0.29, 0.717) is 44.4 Å². The molecule has 0 bridgehead atoms. The molecule has 2 N–H and O–H groups in total. The number of aromatic hydroxyl groups is 1. The molecule has 0 amide bonds. The number of hydrogen-bond acceptors (Lipinski definition) is 8. The van der Waals surface area contributed by atoms with E-state index in [2.05, 4.69) is 15.0 Å². The predicted molar refractivity (Wildman–Crippen MR) is 137 cm³/mol. The Labute approximate surface area is 214 Å². The van der Waals surface area contributed by atoms with Crippen LogP contribution in [-0.4, -0.2) is 50.8 Å². The molecular weight excluding hydrogens is 472 g/mol. The molecule has 1 saturated heterocycles. The van der Waals surface area contributed by atoms with Crippen molar-refractivity contribution < 1.29 is 24.2 Å². The lowest BCUT2D eigenvalue weighted by atomic mass is 9.90. The summed E-state index contributed by atoms with van der Waals surface area (Å²) in [5, 5.41) is 19.4. The summed E-state index contributed by atoms with van der Waals surface area (Å²) in [7, 11) is 0. The summed E-state index contributed by atoms with van der Waals surface area (Å²) in [6.45, 7) is 3.17. The Bertz CT molecular complexity index is 1360. The van der Waals surface area contributed by atoms with Gasteiger partial charge in [0.05, 0.1) is 18.2 Å². The van der Waals surface area contributed by atoms with Crippen molar-refractivity contribution in [1.82, 2.24) is 15.0 Å². The molecule has 37 heavy (non-hydrogen) atoms. The third-order valence-electron chi connectivity index (χ3n) is 6.61. The standard InChI is InChI=1S/C28H28N4O5/c1-18-24(30-26(37-18)20-5-3-2-4-6-20)12-14-36-22-9-7-19(8-10-22)15-21-16-32(17-23(21)27(34)35)28-29-13-11-25(33)31-28/h2-11,13,21,23H,12,14-17H2,1H3,(H,34,35)(H,29,31,33)/t21-,23+/m1/s1. The van der Waals surface area contributed by atoms with Crippen LogP contribution in [0.25, 0.3) is 11.5 Å². The molecular formula is C28H28N4O5. The van der Waals surface area contributed by atoms with Gasteiger partial charge in [-0.05, 0) is 49.1 Å². The smallest absolute Gasteiger partial charge is 0.308 e. The number of aliphatic carboxylic acids is 1. The molecule has 0 saturated carbocycles. The summed E-state index contributed by atoms with van der Waals surface area (Å²) in [6, 6.07) is 18.9. The summed E-state index contributed by atoms with van der Waals surface area (Å²) in [6.07, 6.45) is 2.69. The lowest BCUT2D eigenvalue weighted by Gasteiger charge is -2.16. The Morgan fingerprint density at radius 3 is 2.59 bits per heavy atom. The predicted octanol–water partition coefficient (Wildman–Crippen LogP) is 4.15. The lowest BCUT2D eigenvalue weighted by Crippen LogP contribution is -2.24. The van der Waals surface area contributed by atoms with Crippen molar-refractivity contribution in [2.45, 2.75) is 19.8 Å². The van der Waals surface area contributed by atoms with Crippen LogP contribution in [0.2, 0.25) is 0 Å². The molecule has 3 heterocycles. The Morgan fingerprint density at radius 2 is 1.86 bits per heavy atom. The Hall–Kier alpha value is -4.40. The van der Waals surface area contributed by atoms with Crippen molar-refractivity contribution in [2.75, 3.05) is 24.6 Å². The molecule has 2 aromatic heterocycles. The highest BCUT2D eigenvalue weighted by Gasteiger charge is 2.38. The van der Waals surface area contributed by atoms with Crippen molar-refractivity contribution in [3.8, 4) is 23.1 Å². The topological polar surface area (TPSA) is 122 Å². The van der Waals surface area contributed by atoms with Crippen LogP contribution in [0, 0.1) is 18.8 Å². The minimum Gasteiger partial charge on any atom is -0.493 e. The fourth-order valence-electron chi connectivity index (χ4n) is 4.67. The van der Waals surface area contributed by atoms with Crippen LogP contribution in [-0.2, 0) is 17.6 Å². The van der Waals surface area contributed by atoms with Gasteiger partial charge in [-0.1, -0.05) is 30.3 Å². The Morgan fingerprint density at radius 1 is 1.08 bits per heavy atom. The summed E-state index contributed by atoms with van der Waals surface area (Å²) in [5.41, 5.74) is 2.84. The van der Waals surface area contributed by atoms with Gasteiger partial charge in [0.1, 0.15) is 11.5 Å². The van der Waals surface area contributed by atoms with Crippen LogP contribution in [0.1, 0.15) is 17.0 Å². The van der Waals surface area contributed by atoms with Gasteiger partial charge in [-0.15, -0.1) is 0 Å². The third-order valence-corrected chi connectivity index (χ3v) is 6.61. The number of nitrogens with zero attached hydrogens (tertiary/aromatic N) is 4. The van der Waals surface area contributed by atoms with E-state index in [1.165, 1.54) is 12.3 Å². The van der Waals surface area contributed by atoms with E-state index < -0.39 is 11.9 Å². The van der Waals surface area contributed by atoms with Crippen molar-refractivity contribution in [2.24, 2.45) is 11.8 Å². The maximum atomic E-state index is 11.9. The van der Waals surface area contributed by atoms with Gasteiger partial charge in [0.25, 0.3) is 0 Å². The molecule has 9 nitrogen and oxygen atoms in total. The minimum atomic E-state index is -0.842. The average molecular weight is 501 g/mol. The Kier molecular flexibility index (Phi) is 7.02. The first kappa shape index (κ1) is 24.3. The van der Waals surface area contributed by atoms with Crippen molar-refractivity contribution in [1.29, 1.82) is 0 Å². The third kappa shape index (κ3) is 5.72. The highest BCUT2D eigenvalue weighted by atomic mass is 16.5. The number of rotatable bonds is 9. The normalized spacial score (nSPS) is 17.2. The SMILES string of the molecule is Cc1oc(-c2ccccc2)nc1CCOc1ccc(C[C@@H]2CN(c3nccc(O)n3)C[C@@H]2C(=O)O)cc1. The zero-order chi connectivity index (χ0) is 25.8. The molecule has 1 aliphatic rings. The van der Waals surface area contributed by atoms with Crippen LogP contribution < -0.4 is 9.64 Å². The number of benzene rings is 2. The molecule has 0 aliphatic carbocycles. The van der Waals surface area contributed by atoms with Crippen molar-refractivity contribution in [3.05, 3.63) is 83.9 Å². The largest absolute Gasteiger partial charge is 0.493 e. The first-order valence-electron chi connectivity index (χ1n) is 12.2. The molecule has 2 aromatic carbocycles. The first-order chi connectivity index (χ1) is 18.0. The molecule has 4 aromatic rings. The van der Waals surface area contributed by atoms with E-state index in [-0.39, 0.29) is 11.8 Å². The zero-order valence-corrected chi connectivity index (χ0v) is 20.4. The molecule has 2 atom stereocenters. The van der Waals surface area contributed by atoms with Gasteiger partial charge in [-0.2, -0.15) is 4.98 Å². The second kappa shape index (κ2) is 10.7. The second-order valence-corrected chi connectivity index (χ2v) is 9.16. The fraction of sp³-hybridized carbons (Fsp3) is 0.286. The highest BCUT2D eigenvalue weighted by molar-refractivity contribution is 5.72. The molecule has 1 aliphatic heterocycles. The molecule has 5 rings (SSSR count).